The van der Waals surface area contributed by atoms with Gasteiger partial charge in [-0.3, -0.25) is 4.99 Å². The highest BCUT2D eigenvalue weighted by atomic mass is 19.4. The van der Waals surface area contributed by atoms with Gasteiger partial charge in [0.1, 0.15) is 5.82 Å². The summed E-state index contributed by atoms with van der Waals surface area (Å²) in [4.78, 5) is 4.02. The highest BCUT2D eigenvalue weighted by Crippen LogP contribution is 2.37. The second kappa shape index (κ2) is 4.99. The zero-order valence-corrected chi connectivity index (χ0v) is 10.4. The maximum atomic E-state index is 13.3. The summed E-state index contributed by atoms with van der Waals surface area (Å²) in [5.41, 5.74) is 9.10. The molecule has 0 spiro atoms. The molecule has 0 saturated carbocycles. The summed E-state index contributed by atoms with van der Waals surface area (Å²) in [6.07, 6.45) is -1.76. The highest BCUT2D eigenvalue weighted by molar-refractivity contribution is 5.97. The van der Waals surface area contributed by atoms with Crippen molar-refractivity contribution in [3.8, 4) is 0 Å². The molecule has 1 unspecified atom stereocenters. The average molecular weight is 287 g/mol. The van der Waals surface area contributed by atoms with E-state index in [2.05, 4.69) is 4.99 Å². The van der Waals surface area contributed by atoms with Gasteiger partial charge in [-0.2, -0.15) is 13.2 Å². The lowest BCUT2D eigenvalue weighted by atomic mass is 9.85. The molecule has 7 heteroatoms. The van der Waals surface area contributed by atoms with E-state index in [1.807, 2.05) is 0 Å². The van der Waals surface area contributed by atoms with E-state index in [4.69, 9.17) is 11.5 Å². The van der Waals surface area contributed by atoms with E-state index in [1.54, 1.807) is 0 Å². The van der Waals surface area contributed by atoms with Gasteiger partial charge in [-0.15, -0.1) is 0 Å². The molecule has 1 heterocycles. The van der Waals surface area contributed by atoms with E-state index in [1.165, 1.54) is 12.2 Å². The Morgan fingerprint density at radius 3 is 2.50 bits per heavy atom. The van der Waals surface area contributed by atoms with Crippen LogP contribution in [0.2, 0.25) is 0 Å². The third kappa shape index (κ3) is 2.73. The van der Waals surface area contributed by atoms with Crippen LogP contribution in [0.5, 0.6) is 0 Å². The molecule has 20 heavy (non-hydrogen) atoms. The average Bonchev–Trinajstić information content (AvgIpc) is 2.38. The Bertz CT molecular complexity index is 577. The minimum absolute atomic E-state index is 0.109. The van der Waals surface area contributed by atoms with Gasteiger partial charge in [-0.05, 0) is 29.8 Å². The number of dihydropyridines is 1. The molecule has 0 bridgehead atoms. The molecule has 1 aliphatic heterocycles. The zero-order valence-electron chi connectivity index (χ0n) is 10.4. The summed E-state index contributed by atoms with van der Waals surface area (Å²) in [5.74, 6) is -0.778. The number of hydrogen-bond acceptors (Lipinski definition) is 3. The fourth-order valence-corrected chi connectivity index (χ4v) is 2.04. The van der Waals surface area contributed by atoms with Crippen LogP contribution in [-0.2, 0) is 11.7 Å². The maximum Gasteiger partial charge on any atom is 0.416 e. The number of hydrogen-bond donors (Lipinski definition) is 2. The van der Waals surface area contributed by atoms with Gasteiger partial charge >= 0.3 is 6.18 Å². The second-order valence-electron chi connectivity index (χ2n) is 4.57. The number of rotatable bonds is 2. The summed E-state index contributed by atoms with van der Waals surface area (Å²) in [6, 6.07) is 2.25. The predicted octanol–water partition coefficient (Wildman–Crippen LogP) is 1.97. The molecule has 2 rings (SSSR count). The standard InChI is InChI=1S/C13H13F4N3/c14-8-1-2-10(13(15,16)17)11(5-8)12(19)4-3-9(6-18)20-7-12/h1-5H,6-7,18-19H2. The van der Waals surface area contributed by atoms with Crippen molar-refractivity contribution in [3.05, 3.63) is 47.3 Å². The molecule has 4 N–H and O–H groups in total. The minimum atomic E-state index is -4.61. The topological polar surface area (TPSA) is 64.4 Å². The van der Waals surface area contributed by atoms with Crippen molar-refractivity contribution in [1.29, 1.82) is 0 Å². The molecule has 0 radical (unpaired) electrons. The summed E-state index contributed by atoms with van der Waals surface area (Å²) in [5, 5.41) is 0. The number of alkyl halides is 3. The van der Waals surface area contributed by atoms with Crippen molar-refractivity contribution in [2.24, 2.45) is 16.5 Å². The third-order valence-electron chi connectivity index (χ3n) is 3.11. The van der Waals surface area contributed by atoms with Gasteiger partial charge in [-0.25, -0.2) is 4.39 Å². The van der Waals surface area contributed by atoms with Crippen LogP contribution in [0.4, 0.5) is 17.6 Å². The van der Waals surface area contributed by atoms with Gasteiger partial charge in [0.15, 0.2) is 0 Å². The lowest BCUT2D eigenvalue weighted by Crippen LogP contribution is -2.42. The highest BCUT2D eigenvalue weighted by Gasteiger charge is 2.39. The number of benzene rings is 1. The molecule has 0 fully saturated rings. The first-order valence-electron chi connectivity index (χ1n) is 5.85. The SMILES string of the molecule is NCC1=NCC(N)(c2cc(F)ccc2C(F)(F)F)C=C1. The van der Waals surface area contributed by atoms with Gasteiger partial charge in [-0.1, -0.05) is 6.08 Å². The zero-order chi connectivity index (χ0) is 15.0. The quantitative estimate of drug-likeness (QED) is 0.817. The van der Waals surface area contributed by atoms with E-state index in [0.717, 1.165) is 12.1 Å². The van der Waals surface area contributed by atoms with Gasteiger partial charge in [0.25, 0.3) is 0 Å². The lowest BCUT2D eigenvalue weighted by molar-refractivity contribution is -0.138. The fraction of sp³-hybridized carbons (Fsp3) is 0.308. The Morgan fingerprint density at radius 1 is 1.30 bits per heavy atom. The molecule has 0 saturated heterocycles. The summed E-state index contributed by atoms with van der Waals surface area (Å²) in [6.45, 7) is 0.0599. The monoisotopic (exact) mass is 287 g/mol. The first-order valence-corrected chi connectivity index (χ1v) is 5.85. The van der Waals surface area contributed by atoms with Gasteiger partial charge in [0, 0.05) is 12.3 Å². The Morgan fingerprint density at radius 2 is 2.00 bits per heavy atom. The maximum absolute atomic E-state index is 13.3. The van der Waals surface area contributed by atoms with E-state index in [0.29, 0.717) is 11.8 Å². The molecule has 3 nitrogen and oxygen atoms in total. The number of nitrogens with two attached hydrogens (primary N) is 2. The van der Waals surface area contributed by atoms with Crippen LogP contribution in [-0.4, -0.2) is 18.8 Å². The van der Waals surface area contributed by atoms with Crippen molar-refractivity contribution in [2.75, 3.05) is 13.1 Å². The summed E-state index contributed by atoms with van der Waals surface area (Å²) < 4.78 is 52.3. The molecule has 1 aromatic rings. The molecule has 1 aliphatic rings. The first-order chi connectivity index (χ1) is 9.26. The molecule has 0 amide bonds. The molecular formula is C13H13F4N3. The van der Waals surface area contributed by atoms with Crippen LogP contribution >= 0.6 is 0 Å². The molecule has 1 atom stereocenters. The van der Waals surface area contributed by atoms with Crippen LogP contribution in [0.15, 0.2) is 35.3 Å². The lowest BCUT2D eigenvalue weighted by Gasteiger charge is -2.30. The van der Waals surface area contributed by atoms with Crippen molar-refractivity contribution in [3.63, 3.8) is 0 Å². The Kier molecular flexibility index (Phi) is 3.66. The predicted molar refractivity (Wildman–Crippen MR) is 67.8 cm³/mol. The Labute approximate surface area is 113 Å². The minimum Gasteiger partial charge on any atom is -0.325 e. The van der Waals surface area contributed by atoms with Crippen LogP contribution in [0.1, 0.15) is 11.1 Å². The van der Waals surface area contributed by atoms with Crippen LogP contribution < -0.4 is 11.5 Å². The van der Waals surface area contributed by atoms with Crippen molar-refractivity contribution < 1.29 is 17.6 Å². The van der Waals surface area contributed by atoms with Crippen LogP contribution in [0.3, 0.4) is 0 Å². The van der Waals surface area contributed by atoms with E-state index < -0.39 is 23.1 Å². The molecule has 108 valence electrons. The molecule has 0 aromatic heterocycles. The third-order valence-corrected chi connectivity index (χ3v) is 3.11. The first kappa shape index (κ1) is 14.7. The summed E-state index contributed by atoms with van der Waals surface area (Å²) >= 11 is 0. The van der Waals surface area contributed by atoms with Gasteiger partial charge in [0.05, 0.1) is 17.6 Å². The van der Waals surface area contributed by atoms with E-state index in [9.17, 15) is 17.6 Å². The molecule has 1 aromatic carbocycles. The molecule has 0 aliphatic carbocycles. The van der Waals surface area contributed by atoms with Crippen LogP contribution in [0, 0.1) is 5.82 Å². The van der Waals surface area contributed by atoms with Gasteiger partial charge < -0.3 is 11.5 Å². The summed E-state index contributed by atoms with van der Waals surface area (Å²) in [7, 11) is 0. The Hall–Kier alpha value is -1.73. The van der Waals surface area contributed by atoms with Crippen LogP contribution in [0.25, 0.3) is 0 Å². The smallest absolute Gasteiger partial charge is 0.325 e. The fourth-order valence-electron chi connectivity index (χ4n) is 2.04. The second-order valence-corrected chi connectivity index (χ2v) is 4.57. The van der Waals surface area contributed by atoms with Crippen molar-refractivity contribution in [2.45, 2.75) is 11.7 Å². The normalized spacial score (nSPS) is 22.8. The van der Waals surface area contributed by atoms with E-state index in [-0.39, 0.29) is 18.7 Å². The molecular weight excluding hydrogens is 274 g/mol. The number of aliphatic imine (C=N–C) groups is 1. The number of halogens is 4. The van der Waals surface area contributed by atoms with Crippen molar-refractivity contribution in [1.82, 2.24) is 0 Å². The van der Waals surface area contributed by atoms with Crippen molar-refractivity contribution >= 4 is 5.71 Å². The largest absolute Gasteiger partial charge is 0.416 e. The van der Waals surface area contributed by atoms with E-state index >= 15 is 0 Å². The Balaban J connectivity index is 2.50. The van der Waals surface area contributed by atoms with Gasteiger partial charge in [0.2, 0.25) is 0 Å². The number of nitrogens with zero attached hydrogens (tertiary/aromatic N) is 1.